The van der Waals surface area contributed by atoms with Gasteiger partial charge in [0.05, 0.1) is 0 Å². The van der Waals surface area contributed by atoms with Gasteiger partial charge >= 0.3 is 0 Å². The lowest BCUT2D eigenvalue weighted by Gasteiger charge is -2.17. The molecule has 0 saturated heterocycles. The number of nitrogens with two attached hydrogens (primary N) is 1. The van der Waals surface area contributed by atoms with Crippen LogP contribution in [0, 0.1) is 13.8 Å². The summed E-state index contributed by atoms with van der Waals surface area (Å²) in [5.41, 5.74) is 9.06. The number of primary amides is 1. The van der Waals surface area contributed by atoms with Gasteiger partial charge in [0, 0.05) is 12.5 Å². The fraction of sp³-hybridized carbons (Fsp3) is 0.533. The van der Waals surface area contributed by atoms with E-state index in [1.165, 1.54) is 16.7 Å². The molecule has 3 heteroatoms. The molecule has 0 spiro atoms. The highest BCUT2D eigenvalue weighted by atomic mass is 16.1. The molecule has 0 aliphatic rings. The second-order valence-corrected chi connectivity index (χ2v) is 4.96. The predicted molar refractivity (Wildman–Crippen MR) is 75.4 cm³/mol. The Bertz CT molecular complexity index is 401. The van der Waals surface area contributed by atoms with Gasteiger partial charge in [-0.05, 0) is 51.3 Å². The van der Waals surface area contributed by atoms with E-state index in [1.807, 2.05) is 0 Å². The maximum atomic E-state index is 10.6. The van der Waals surface area contributed by atoms with Crippen LogP contribution in [-0.4, -0.2) is 12.5 Å². The molecule has 1 aromatic carbocycles. The van der Waals surface area contributed by atoms with Crippen LogP contribution < -0.4 is 11.1 Å². The molecular weight excluding hydrogens is 224 g/mol. The van der Waals surface area contributed by atoms with Gasteiger partial charge in [0.1, 0.15) is 0 Å². The fourth-order valence-corrected chi connectivity index (χ4v) is 2.08. The molecule has 3 nitrogen and oxygen atoms in total. The van der Waals surface area contributed by atoms with Crippen molar-refractivity contribution in [2.24, 2.45) is 5.73 Å². The first-order valence-corrected chi connectivity index (χ1v) is 6.59. The van der Waals surface area contributed by atoms with Crippen LogP contribution in [0.25, 0.3) is 0 Å². The average molecular weight is 248 g/mol. The van der Waals surface area contributed by atoms with Crippen molar-refractivity contribution < 1.29 is 4.79 Å². The van der Waals surface area contributed by atoms with Gasteiger partial charge in [-0.3, -0.25) is 4.79 Å². The Hall–Kier alpha value is -1.35. The van der Waals surface area contributed by atoms with E-state index in [-0.39, 0.29) is 5.91 Å². The zero-order valence-electron chi connectivity index (χ0n) is 11.6. The summed E-state index contributed by atoms with van der Waals surface area (Å²) in [5.74, 6) is -0.211. The largest absolute Gasteiger partial charge is 0.370 e. The number of hydrogen-bond acceptors (Lipinski definition) is 2. The molecule has 1 aromatic rings. The van der Waals surface area contributed by atoms with Crippen LogP contribution in [0.1, 0.15) is 48.9 Å². The van der Waals surface area contributed by atoms with Crippen molar-refractivity contribution >= 4 is 5.91 Å². The van der Waals surface area contributed by atoms with E-state index in [1.54, 1.807) is 0 Å². The Morgan fingerprint density at radius 3 is 2.72 bits per heavy atom. The first-order chi connectivity index (χ1) is 8.50. The number of hydrogen-bond donors (Lipinski definition) is 2. The van der Waals surface area contributed by atoms with Crippen LogP contribution in [0.15, 0.2) is 18.2 Å². The summed E-state index contributed by atoms with van der Waals surface area (Å²) in [4.78, 5) is 10.6. The minimum absolute atomic E-state index is 0.211. The van der Waals surface area contributed by atoms with Crippen LogP contribution in [0.2, 0.25) is 0 Å². The second-order valence-electron chi connectivity index (χ2n) is 4.96. The Labute approximate surface area is 110 Å². The SMILES string of the molecule is Cc1ccc(C)c(C(C)NCCCCC(N)=O)c1. The molecule has 0 bridgehead atoms. The molecule has 0 aromatic heterocycles. The molecule has 0 radical (unpaired) electrons. The minimum atomic E-state index is -0.211. The van der Waals surface area contributed by atoms with Crippen LogP contribution >= 0.6 is 0 Å². The van der Waals surface area contributed by atoms with E-state index in [2.05, 4.69) is 44.3 Å². The third-order valence-corrected chi connectivity index (χ3v) is 3.20. The molecule has 100 valence electrons. The summed E-state index contributed by atoms with van der Waals surface area (Å²) in [6, 6.07) is 6.88. The summed E-state index contributed by atoms with van der Waals surface area (Å²) in [6.07, 6.45) is 2.33. The number of amides is 1. The molecule has 1 atom stereocenters. The molecule has 0 aliphatic heterocycles. The first-order valence-electron chi connectivity index (χ1n) is 6.59. The van der Waals surface area contributed by atoms with E-state index < -0.39 is 0 Å². The van der Waals surface area contributed by atoms with Crippen molar-refractivity contribution in [3.8, 4) is 0 Å². The Kier molecular flexibility index (Phi) is 5.86. The van der Waals surface area contributed by atoms with Crippen molar-refractivity contribution in [3.05, 3.63) is 34.9 Å². The van der Waals surface area contributed by atoms with Gasteiger partial charge in [-0.2, -0.15) is 0 Å². The summed E-state index contributed by atoms with van der Waals surface area (Å²) in [5, 5.41) is 3.49. The van der Waals surface area contributed by atoms with Gasteiger partial charge in [-0.25, -0.2) is 0 Å². The van der Waals surface area contributed by atoms with Gasteiger partial charge in [0.25, 0.3) is 0 Å². The number of nitrogens with one attached hydrogen (secondary N) is 1. The molecule has 1 amide bonds. The fourth-order valence-electron chi connectivity index (χ4n) is 2.08. The lowest BCUT2D eigenvalue weighted by molar-refractivity contribution is -0.118. The number of carbonyl (C=O) groups is 1. The molecule has 0 saturated carbocycles. The van der Waals surface area contributed by atoms with Crippen molar-refractivity contribution in [2.75, 3.05) is 6.54 Å². The van der Waals surface area contributed by atoms with E-state index in [9.17, 15) is 4.79 Å². The quantitative estimate of drug-likeness (QED) is 0.729. The highest BCUT2D eigenvalue weighted by Gasteiger charge is 2.07. The molecule has 0 fully saturated rings. The van der Waals surface area contributed by atoms with Crippen LogP contribution in [0.4, 0.5) is 0 Å². The van der Waals surface area contributed by atoms with E-state index in [0.29, 0.717) is 12.5 Å². The van der Waals surface area contributed by atoms with Gasteiger partial charge in [0.2, 0.25) is 5.91 Å². The third-order valence-electron chi connectivity index (χ3n) is 3.20. The van der Waals surface area contributed by atoms with Crippen molar-refractivity contribution in [3.63, 3.8) is 0 Å². The summed E-state index contributed by atoms with van der Waals surface area (Å²) in [6.45, 7) is 7.35. The molecular formula is C15H24N2O. The second kappa shape index (κ2) is 7.17. The topological polar surface area (TPSA) is 55.1 Å². The van der Waals surface area contributed by atoms with Gasteiger partial charge in [0.15, 0.2) is 0 Å². The Balaban J connectivity index is 2.38. The number of unbranched alkanes of at least 4 members (excludes halogenated alkanes) is 1. The first kappa shape index (κ1) is 14.7. The van der Waals surface area contributed by atoms with Crippen LogP contribution in [0.3, 0.4) is 0 Å². The number of benzene rings is 1. The molecule has 18 heavy (non-hydrogen) atoms. The molecule has 0 heterocycles. The molecule has 1 rings (SSSR count). The predicted octanol–water partition coefficient (Wildman–Crippen LogP) is 2.61. The van der Waals surface area contributed by atoms with Gasteiger partial charge in [-0.1, -0.05) is 23.8 Å². The minimum Gasteiger partial charge on any atom is -0.370 e. The standard InChI is InChI=1S/C15H24N2O/c1-11-7-8-12(2)14(10-11)13(3)17-9-5-4-6-15(16)18/h7-8,10,13,17H,4-6,9H2,1-3H3,(H2,16,18). The van der Waals surface area contributed by atoms with Gasteiger partial charge in [-0.15, -0.1) is 0 Å². The van der Waals surface area contributed by atoms with Crippen molar-refractivity contribution in [1.29, 1.82) is 0 Å². The summed E-state index contributed by atoms with van der Waals surface area (Å²) in [7, 11) is 0. The Morgan fingerprint density at radius 1 is 1.33 bits per heavy atom. The molecule has 0 aliphatic carbocycles. The maximum Gasteiger partial charge on any atom is 0.217 e. The van der Waals surface area contributed by atoms with E-state index in [0.717, 1.165) is 19.4 Å². The number of aryl methyl sites for hydroxylation is 2. The van der Waals surface area contributed by atoms with Crippen LogP contribution in [-0.2, 0) is 4.79 Å². The van der Waals surface area contributed by atoms with Crippen molar-refractivity contribution in [1.82, 2.24) is 5.32 Å². The molecule has 1 unspecified atom stereocenters. The smallest absolute Gasteiger partial charge is 0.217 e. The molecule has 3 N–H and O–H groups in total. The Morgan fingerprint density at radius 2 is 2.06 bits per heavy atom. The normalized spacial score (nSPS) is 12.4. The van der Waals surface area contributed by atoms with E-state index >= 15 is 0 Å². The highest BCUT2D eigenvalue weighted by Crippen LogP contribution is 2.18. The lowest BCUT2D eigenvalue weighted by Crippen LogP contribution is -2.21. The van der Waals surface area contributed by atoms with Crippen molar-refractivity contribution in [2.45, 2.75) is 46.1 Å². The third kappa shape index (κ3) is 4.88. The summed E-state index contributed by atoms with van der Waals surface area (Å²) < 4.78 is 0. The van der Waals surface area contributed by atoms with E-state index in [4.69, 9.17) is 5.73 Å². The zero-order chi connectivity index (χ0) is 13.5. The lowest BCUT2D eigenvalue weighted by atomic mass is 10.00. The summed E-state index contributed by atoms with van der Waals surface area (Å²) >= 11 is 0. The monoisotopic (exact) mass is 248 g/mol. The number of carbonyl (C=O) groups excluding carboxylic acids is 1. The van der Waals surface area contributed by atoms with Gasteiger partial charge < -0.3 is 11.1 Å². The zero-order valence-corrected chi connectivity index (χ0v) is 11.6. The highest BCUT2D eigenvalue weighted by molar-refractivity contribution is 5.73. The van der Waals surface area contributed by atoms with Crippen LogP contribution in [0.5, 0.6) is 0 Å². The number of rotatable bonds is 7. The average Bonchev–Trinajstić information content (AvgIpc) is 2.31. The maximum absolute atomic E-state index is 10.6.